The van der Waals surface area contributed by atoms with Gasteiger partial charge < -0.3 is 38.7 Å². The fourth-order valence-electron chi connectivity index (χ4n) is 8.34. The summed E-state index contributed by atoms with van der Waals surface area (Å²) in [6.07, 6.45) is 3.57. The monoisotopic (exact) mass is 719 g/mol. The van der Waals surface area contributed by atoms with Gasteiger partial charge in [-0.1, -0.05) is 24.3 Å². The number of para-hydroxylation sites is 1. The predicted molar refractivity (Wildman–Crippen MR) is 200 cm³/mol. The molecule has 2 amide bonds. The molecule has 8 rings (SSSR count). The Morgan fingerprint density at radius 1 is 0.981 bits per heavy atom. The van der Waals surface area contributed by atoms with E-state index in [9.17, 15) is 19.5 Å². The highest BCUT2D eigenvalue weighted by Gasteiger charge is 2.50. The number of aromatic hydroxyl groups is 1. The van der Waals surface area contributed by atoms with Gasteiger partial charge in [0.2, 0.25) is 0 Å². The average Bonchev–Trinajstić information content (AvgIpc) is 3.46. The summed E-state index contributed by atoms with van der Waals surface area (Å²) >= 11 is 0. The van der Waals surface area contributed by atoms with E-state index in [1.807, 2.05) is 61.6 Å². The summed E-state index contributed by atoms with van der Waals surface area (Å²) in [4.78, 5) is 46.4. The van der Waals surface area contributed by atoms with Crippen LogP contribution in [0.2, 0.25) is 0 Å². The van der Waals surface area contributed by atoms with Crippen molar-refractivity contribution >= 4 is 39.9 Å². The van der Waals surface area contributed by atoms with Gasteiger partial charge in [0.15, 0.2) is 5.82 Å². The summed E-state index contributed by atoms with van der Waals surface area (Å²) < 4.78 is 20.7. The molecule has 1 aliphatic heterocycles. The summed E-state index contributed by atoms with van der Waals surface area (Å²) in [5.74, 6) is 1.11. The molecule has 0 radical (unpaired) electrons. The van der Waals surface area contributed by atoms with Crippen molar-refractivity contribution in [2.45, 2.75) is 70.7 Å². The molecule has 2 bridgehead atoms. The van der Waals surface area contributed by atoms with Crippen molar-refractivity contribution in [2.75, 3.05) is 20.8 Å². The Morgan fingerprint density at radius 2 is 1.77 bits per heavy atom. The molecule has 0 unspecified atom stereocenters. The first kappa shape index (κ1) is 34.6. The highest BCUT2D eigenvalue weighted by Crippen LogP contribution is 2.43. The van der Waals surface area contributed by atoms with Gasteiger partial charge in [-0.3, -0.25) is 4.79 Å². The van der Waals surface area contributed by atoms with E-state index in [1.54, 1.807) is 19.2 Å². The number of alkyl carbamates (subject to hydrolysis) is 1. The fourth-order valence-corrected chi connectivity index (χ4v) is 8.34. The van der Waals surface area contributed by atoms with Gasteiger partial charge in [0.1, 0.15) is 28.2 Å². The van der Waals surface area contributed by atoms with Crippen LogP contribution < -0.4 is 10.1 Å². The van der Waals surface area contributed by atoms with E-state index in [0.29, 0.717) is 29.3 Å². The van der Waals surface area contributed by atoms with Crippen molar-refractivity contribution in [1.82, 2.24) is 24.3 Å². The van der Waals surface area contributed by atoms with Crippen LogP contribution in [-0.4, -0.2) is 80.5 Å². The number of ether oxygens (including phenoxy) is 3. The lowest BCUT2D eigenvalue weighted by molar-refractivity contribution is 0.0484. The fraction of sp³-hybridized carbons (Fsp3) is 0.415. The topological polar surface area (TPSA) is 137 Å². The number of hydrogen-bond donors (Lipinski definition) is 2. The number of piperidine rings is 1. The van der Waals surface area contributed by atoms with E-state index in [4.69, 9.17) is 19.2 Å². The summed E-state index contributed by atoms with van der Waals surface area (Å²) in [6.45, 7) is 6.86. The highest BCUT2D eigenvalue weighted by molar-refractivity contribution is 6.02. The van der Waals surface area contributed by atoms with Gasteiger partial charge in [-0.2, -0.15) is 0 Å². The molecule has 2 saturated carbocycles. The molecule has 3 fully saturated rings. The Kier molecular flexibility index (Phi) is 8.38. The number of aryl methyl sites for hydroxylation is 1. The third kappa shape index (κ3) is 6.13. The van der Waals surface area contributed by atoms with Crippen molar-refractivity contribution < 1.29 is 33.7 Å². The second-order valence-electron chi connectivity index (χ2n) is 15.6. The number of benzene rings is 3. The smallest absolute Gasteiger partial charge is 0.407 e. The van der Waals surface area contributed by atoms with Crippen molar-refractivity contribution in [3.63, 3.8) is 0 Å². The number of rotatable bonds is 8. The zero-order valence-corrected chi connectivity index (χ0v) is 30.9. The molecule has 2 aliphatic carbocycles. The van der Waals surface area contributed by atoms with Gasteiger partial charge in [-0.15, -0.1) is 0 Å². The Bertz CT molecular complexity index is 2300. The van der Waals surface area contributed by atoms with Gasteiger partial charge in [0.25, 0.3) is 5.91 Å². The molecule has 2 aromatic heterocycles. The molecule has 12 nitrogen and oxygen atoms in total. The largest absolute Gasteiger partial charge is 0.507 e. The summed E-state index contributed by atoms with van der Waals surface area (Å²) in [5, 5.41) is 14.5. The molecular weight excluding hydrogens is 674 g/mol. The highest BCUT2D eigenvalue weighted by atomic mass is 16.6. The van der Waals surface area contributed by atoms with Crippen LogP contribution in [0, 0.1) is 11.8 Å². The SMILES string of the molecule is COC(=O)c1cc(-c2cccc3cc(-c4nc5cc(C(=O)N6C[C@H]7CC[C@@H]6[C@@H]7NC(=O)OC(C)(C)C)cc(OC)c5n4C)n(CC4CC4)c23)ccc1O. The normalized spacial score (nSPS) is 19.6. The third-order valence-electron chi connectivity index (χ3n) is 10.9. The van der Waals surface area contributed by atoms with Crippen LogP contribution in [0.15, 0.2) is 54.6 Å². The zero-order chi connectivity index (χ0) is 37.3. The van der Waals surface area contributed by atoms with Crippen LogP contribution in [0.4, 0.5) is 4.79 Å². The maximum Gasteiger partial charge on any atom is 0.407 e. The maximum atomic E-state index is 14.2. The van der Waals surface area contributed by atoms with E-state index in [0.717, 1.165) is 71.3 Å². The number of amides is 2. The molecule has 1 saturated heterocycles. The van der Waals surface area contributed by atoms with Gasteiger partial charge in [0.05, 0.1) is 43.0 Å². The first-order valence-corrected chi connectivity index (χ1v) is 18.2. The minimum absolute atomic E-state index is 0.104. The average molecular weight is 720 g/mol. The lowest BCUT2D eigenvalue weighted by atomic mass is 10.00. The number of phenols is 1. The van der Waals surface area contributed by atoms with Crippen LogP contribution in [0.3, 0.4) is 0 Å². The standard InChI is InChI=1S/C41H45N5O7/c1-41(2,3)53-40(50)43-34-25-12-14-30(34)46(21-25)38(48)26-17-29-36(33(19-26)51-5)44(4)37(42-29)31-18-24-8-7-9-27(35(24)45(31)20-22-10-11-22)23-13-15-32(47)28(16-23)39(49)52-6/h7-9,13,15-19,22,25,30,34,47H,10-12,14,20-21H2,1-6H3,(H,43,50)/t25-,30-,34-/m1/s1. The van der Waals surface area contributed by atoms with Crippen molar-refractivity contribution in [3.8, 4) is 34.1 Å². The molecule has 2 N–H and O–H groups in total. The van der Waals surface area contributed by atoms with E-state index < -0.39 is 17.7 Å². The van der Waals surface area contributed by atoms with E-state index >= 15 is 0 Å². The number of aromatic nitrogens is 3. The van der Waals surface area contributed by atoms with Crippen molar-refractivity contribution in [1.29, 1.82) is 0 Å². The van der Waals surface area contributed by atoms with Crippen molar-refractivity contribution in [3.05, 3.63) is 65.7 Å². The van der Waals surface area contributed by atoms with Crippen LogP contribution in [-0.2, 0) is 23.1 Å². The predicted octanol–water partition coefficient (Wildman–Crippen LogP) is 6.90. The molecule has 3 aliphatic rings. The lowest BCUT2D eigenvalue weighted by Crippen LogP contribution is -2.46. The van der Waals surface area contributed by atoms with Crippen LogP contribution in [0.5, 0.6) is 11.5 Å². The van der Waals surface area contributed by atoms with E-state index in [-0.39, 0.29) is 35.2 Å². The quantitative estimate of drug-likeness (QED) is 0.165. The number of methoxy groups -OCH3 is 2. The third-order valence-corrected chi connectivity index (χ3v) is 10.9. The lowest BCUT2D eigenvalue weighted by Gasteiger charge is -2.28. The molecule has 276 valence electrons. The number of hydrogen-bond acceptors (Lipinski definition) is 8. The number of likely N-dealkylation sites (tertiary alicyclic amines) is 1. The van der Waals surface area contributed by atoms with Gasteiger partial charge in [-0.05, 0) is 94.2 Å². The molecule has 53 heavy (non-hydrogen) atoms. The molecule has 3 aromatic carbocycles. The molecular formula is C41H45N5O7. The minimum Gasteiger partial charge on any atom is -0.507 e. The minimum atomic E-state index is -0.609. The Morgan fingerprint density at radius 3 is 2.49 bits per heavy atom. The van der Waals surface area contributed by atoms with Gasteiger partial charge >= 0.3 is 12.1 Å². The molecule has 5 aromatic rings. The Hall–Kier alpha value is -5.52. The summed E-state index contributed by atoms with van der Waals surface area (Å²) in [6, 6.07) is 16.6. The first-order valence-electron chi connectivity index (χ1n) is 18.2. The van der Waals surface area contributed by atoms with Gasteiger partial charge in [-0.25, -0.2) is 14.6 Å². The van der Waals surface area contributed by atoms with Crippen LogP contribution in [0.25, 0.3) is 44.6 Å². The van der Waals surface area contributed by atoms with Crippen LogP contribution in [0.1, 0.15) is 67.2 Å². The second kappa shape index (κ2) is 12.9. The first-order chi connectivity index (χ1) is 25.3. The zero-order valence-electron chi connectivity index (χ0n) is 30.9. The number of imidazole rings is 1. The van der Waals surface area contributed by atoms with Crippen molar-refractivity contribution in [2.24, 2.45) is 18.9 Å². The maximum absolute atomic E-state index is 14.2. The van der Waals surface area contributed by atoms with E-state index in [1.165, 1.54) is 13.2 Å². The summed E-state index contributed by atoms with van der Waals surface area (Å²) in [7, 11) is 4.86. The summed E-state index contributed by atoms with van der Waals surface area (Å²) in [5.41, 5.74) is 5.02. The molecule has 12 heteroatoms. The van der Waals surface area contributed by atoms with E-state index in [2.05, 4.69) is 22.0 Å². The number of phenolic OH excluding ortho intramolecular Hbond substituents is 1. The number of carbonyl (C=O) groups excluding carboxylic acids is 3. The number of nitrogens with zero attached hydrogens (tertiary/aromatic N) is 4. The Balaban J connectivity index is 1.18. The van der Waals surface area contributed by atoms with Crippen LogP contribution >= 0.6 is 0 Å². The number of carbonyl (C=O) groups is 3. The Labute approximate surface area is 307 Å². The number of fused-ring (bicyclic) bond motifs is 4. The second-order valence-corrected chi connectivity index (χ2v) is 15.6. The molecule has 3 heterocycles. The number of nitrogens with one attached hydrogen (secondary N) is 1. The molecule has 3 atom stereocenters. The number of esters is 1. The molecule has 0 spiro atoms. The van der Waals surface area contributed by atoms with Gasteiger partial charge in [0, 0.05) is 36.7 Å².